The van der Waals surface area contributed by atoms with Gasteiger partial charge in [-0.25, -0.2) is 0 Å². The van der Waals surface area contributed by atoms with Crippen LogP contribution in [0.3, 0.4) is 0 Å². The molecule has 1 atom stereocenters. The van der Waals surface area contributed by atoms with Gasteiger partial charge in [-0.15, -0.1) is 0 Å². The minimum atomic E-state index is 0.348. The standard InChI is InChI=1S/C15H19N3O2/c1-2-19-13-8-4-3-7-12(13)15-17-14(18-20-15)11-6-5-9-16-10-11/h3-4,7-8,11,16H,2,5-6,9-10H2,1H3. The molecular formula is C15H19N3O2. The fourth-order valence-electron chi connectivity index (χ4n) is 2.51. The summed E-state index contributed by atoms with van der Waals surface area (Å²) < 4.78 is 11.0. The number of para-hydroxylation sites is 1. The lowest BCUT2D eigenvalue weighted by Crippen LogP contribution is -2.28. The summed E-state index contributed by atoms with van der Waals surface area (Å²) in [4.78, 5) is 4.55. The van der Waals surface area contributed by atoms with E-state index < -0.39 is 0 Å². The van der Waals surface area contributed by atoms with Crippen molar-refractivity contribution < 1.29 is 9.26 Å². The van der Waals surface area contributed by atoms with E-state index in [0.29, 0.717) is 18.4 Å². The normalized spacial score (nSPS) is 18.9. The molecule has 0 bridgehead atoms. The molecule has 2 heterocycles. The van der Waals surface area contributed by atoms with Gasteiger partial charge in [-0.05, 0) is 38.4 Å². The smallest absolute Gasteiger partial charge is 0.261 e. The number of hydrogen-bond acceptors (Lipinski definition) is 5. The molecule has 0 saturated carbocycles. The van der Waals surface area contributed by atoms with Crippen LogP contribution in [0.4, 0.5) is 0 Å². The summed E-state index contributed by atoms with van der Waals surface area (Å²) in [6, 6.07) is 7.76. The first-order chi connectivity index (χ1) is 9.88. The number of piperidine rings is 1. The van der Waals surface area contributed by atoms with Crippen molar-refractivity contribution in [3.63, 3.8) is 0 Å². The summed E-state index contributed by atoms with van der Waals surface area (Å²) in [5.74, 6) is 2.46. The minimum absolute atomic E-state index is 0.348. The lowest BCUT2D eigenvalue weighted by Gasteiger charge is -2.19. The maximum Gasteiger partial charge on any atom is 0.261 e. The number of nitrogens with one attached hydrogen (secondary N) is 1. The van der Waals surface area contributed by atoms with Crippen molar-refractivity contribution in [3.8, 4) is 17.2 Å². The van der Waals surface area contributed by atoms with Crippen molar-refractivity contribution in [2.45, 2.75) is 25.7 Å². The third kappa shape index (κ3) is 2.67. The molecule has 20 heavy (non-hydrogen) atoms. The molecule has 2 aromatic rings. The Morgan fingerprint density at radius 2 is 2.30 bits per heavy atom. The highest BCUT2D eigenvalue weighted by atomic mass is 16.5. The van der Waals surface area contributed by atoms with Crippen LogP contribution in [0.15, 0.2) is 28.8 Å². The number of benzene rings is 1. The second-order valence-corrected chi connectivity index (χ2v) is 4.93. The maximum atomic E-state index is 5.61. The van der Waals surface area contributed by atoms with Crippen molar-refractivity contribution in [3.05, 3.63) is 30.1 Å². The maximum absolute atomic E-state index is 5.61. The second-order valence-electron chi connectivity index (χ2n) is 4.93. The number of ether oxygens (including phenoxy) is 1. The molecule has 5 heteroatoms. The van der Waals surface area contributed by atoms with E-state index >= 15 is 0 Å². The molecule has 1 unspecified atom stereocenters. The van der Waals surface area contributed by atoms with E-state index in [0.717, 1.165) is 43.1 Å². The lowest BCUT2D eigenvalue weighted by atomic mass is 9.99. The summed E-state index contributed by atoms with van der Waals surface area (Å²) >= 11 is 0. The summed E-state index contributed by atoms with van der Waals surface area (Å²) in [6.45, 7) is 4.58. The van der Waals surface area contributed by atoms with Gasteiger partial charge in [0.05, 0.1) is 12.2 Å². The Bertz CT molecular complexity index is 562. The van der Waals surface area contributed by atoms with Crippen LogP contribution in [0.25, 0.3) is 11.5 Å². The number of aromatic nitrogens is 2. The van der Waals surface area contributed by atoms with E-state index in [4.69, 9.17) is 9.26 Å². The Morgan fingerprint density at radius 1 is 1.40 bits per heavy atom. The molecule has 1 saturated heterocycles. The first-order valence-corrected chi connectivity index (χ1v) is 7.15. The third-order valence-electron chi connectivity index (χ3n) is 3.52. The summed E-state index contributed by atoms with van der Waals surface area (Å²) in [5.41, 5.74) is 0.858. The molecule has 1 fully saturated rings. The Morgan fingerprint density at radius 3 is 3.10 bits per heavy atom. The largest absolute Gasteiger partial charge is 0.493 e. The Labute approximate surface area is 118 Å². The predicted molar refractivity (Wildman–Crippen MR) is 75.7 cm³/mol. The summed E-state index contributed by atoms with van der Waals surface area (Å²) in [7, 11) is 0. The van der Waals surface area contributed by atoms with Gasteiger partial charge < -0.3 is 14.6 Å². The number of hydrogen-bond donors (Lipinski definition) is 1. The monoisotopic (exact) mass is 273 g/mol. The van der Waals surface area contributed by atoms with Gasteiger partial charge in [0.15, 0.2) is 5.82 Å². The highest BCUT2D eigenvalue weighted by Gasteiger charge is 2.22. The van der Waals surface area contributed by atoms with Crippen molar-refractivity contribution in [1.29, 1.82) is 0 Å². The van der Waals surface area contributed by atoms with Gasteiger partial charge in [0.2, 0.25) is 0 Å². The van der Waals surface area contributed by atoms with Gasteiger partial charge in [-0.1, -0.05) is 17.3 Å². The first kappa shape index (κ1) is 13.1. The van der Waals surface area contributed by atoms with E-state index in [2.05, 4.69) is 15.5 Å². The van der Waals surface area contributed by atoms with Crippen LogP contribution in [0.5, 0.6) is 5.75 Å². The molecule has 1 aliphatic heterocycles. The van der Waals surface area contributed by atoms with Crippen LogP contribution in [-0.4, -0.2) is 29.8 Å². The lowest BCUT2D eigenvalue weighted by molar-refractivity contribution is 0.339. The quantitative estimate of drug-likeness (QED) is 0.927. The Kier molecular flexibility index (Phi) is 3.97. The molecular weight excluding hydrogens is 254 g/mol. The molecule has 5 nitrogen and oxygen atoms in total. The van der Waals surface area contributed by atoms with Gasteiger partial charge in [0.25, 0.3) is 5.89 Å². The Balaban J connectivity index is 1.86. The van der Waals surface area contributed by atoms with E-state index in [1.807, 2.05) is 31.2 Å². The average molecular weight is 273 g/mol. The van der Waals surface area contributed by atoms with Gasteiger partial charge in [-0.3, -0.25) is 0 Å². The molecule has 1 aromatic heterocycles. The third-order valence-corrected chi connectivity index (χ3v) is 3.52. The first-order valence-electron chi connectivity index (χ1n) is 7.15. The topological polar surface area (TPSA) is 60.2 Å². The predicted octanol–water partition coefficient (Wildman–Crippen LogP) is 2.60. The Hall–Kier alpha value is -1.88. The van der Waals surface area contributed by atoms with Gasteiger partial charge in [-0.2, -0.15) is 4.98 Å². The zero-order valence-electron chi connectivity index (χ0n) is 11.6. The van der Waals surface area contributed by atoms with Crippen LogP contribution < -0.4 is 10.1 Å². The van der Waals surface area contributed by atoms with Gasteiger partial charge in [0.1, 0.15) is 5.75 Å². The molecule has 1 aromatic carbocycles. The molecule has 106 valence electrons. The molecule has 0 amide bonds. The van der Waals surface area contributed by atoms with Crippen LogP contribution >= 0.6 is 0 Å². The van der Waals surface area contributed by atoms with E-state index in [1.165, 1.54) is 0 Å². The fraction of sp³-hybridized carbons (Fsp3) is 0.467. The van der Waals surface area contributed by atoms with E-state index in [9.17, 15) is 0 Å². The van der Waals surface area contributed by atoms with Crippen LogP contribution in [-0.2, 0) is 0 Å². The van der Waals surface area contributed by atoms with E-state index in [-0.39, 0.29) is 0 Å². The summed E-state index contributed by atoms with van der Waals surface area (Å²) in [5, 5.41) is 7.50. The number of nitrogens with zero attached hydrogens (tertiary/aromatic N) is 2. The fourth-order valence-corrected chi connectivity index (χ4v) is 2.51. The second kappa shape index (κ2) is 6.05. The van der Waals surface area contributed by atoms with E-state index in [1.54, 1.807) is 0 Å². The van der Waals surface area contributed by atoms with Crippen molar-refractivity contribution >= 4 is 0 Å². The molecule has 1 aliphatic rings. The van der Waals surface area contributed by atoms with Crippen LogP contribution in [0.1, 0.15) is 31.5 Å². The van der Waals surface area contributed by atoms with Crippen molar-refractivity contribution in [1.82, 2.24) is 15.5 Å². The zero-order chi connectivity index (χ0) is 13.8. The molecule has 3 rings (SSSR count). The van der Waals surface area contributed by atoms with Crippen molar-refractivity contribution in [2.24, 2.45) is 0 Å². The molecule has 1 N–H and O–H groups in total. The highest BCUT2D eigenvalue weighted by Crippen LogP contribution is 2.30. The number of rotatable bonds is 4. The molecule has 0 aliphatic carbocycles. The minimum Gasteiger partial charge on any atom is -0.493 e. The highest BCUT2D eigenvalue weighted by molar-refractivity contribution is 5.62. The summed E-state index contributed by atoms with van der Waals surface area (Å²) in [6.07, 6.45) is 2.27. The van der Waals surface area contributed by atoms with Gasteiger partial charge in [0, 0.05) is 12.5 Å². The van der Waals surface area contributed by atoms with Crippen molar-refractivity contribution in [2.75, 3.05) is 19.7 Å². The average Bonchev–Trinajstić information content (AvgIpc) is 2.99. The SMILES string of the molecule is CCOc1ccccc1-c1nc(C2CCCNC2)no1. The van der Waals surface area contributed by atoms with Gasteiger partial charge >= 0.3 is 0 Å². The van der Waals surface area contributed by atoms with Crippen LogP contribution in [0, 0.1) is 0 Å². The molecule has 0 spiro atoms. The molecule has 0 radical (unpaired) electrons. The zero-order valence-corrected chi connectivity index (χ0v) is 11.6. The van der Waals surface area contributed by atoms with Crippen LogP contribution in [0.2, 0.25) is 0 Å².